The fourth-order valence-corrected chi connectivity index (χ4v) is 2.66. The van der Waals surface area contributed by atoms with Crippen molar-refractivity contribution in [1.29, 1.82) is 0 Å². The molecule has 1 saturated heterocycles. The van der Waals surface area contributed by atoms with Crippen molar-refractivity contribution in [3.05, 3.63) is 32.5 Å². The Labute approximate surface area is 128 Å². The lowest BCUT2D eigenvalue weighted by atomic mass is 10.2. The average molecular weight is 307 g/mol. The number of carbonyl (C=O) groups is 1. The first-order valence-corrected chi connectivity index (χ1v) is 7.37. The maximum absolute atomic E-state index is 12.4. The third-order valence-electron chi connectivity index (χ3n) is 3.75. The Morgan fingerprint density at radius 1 is 1.18 bits per heavy atom. The molecule has 1 aromatic heterocycles. The lowest BCUT2D eigenvalue weighted by Gasteiger charge is -2.23. The molecule has 0 unspecified atom stereocenters. The van der Waals surface area contributed by atoms with Gasteiger partial charge in [0.2, 0.25) is 0 Å². The normalized spacial score (nSPS) is 14.8. The quantitative estimate of drug-likeness (QED) is 0.589. The number of carbonyl (C=O) groups excluding carboxylic acids is 1. The standard InChI is InChI=1S/C15H21N3O4/c1-4-22-12(19)8-7-11-13(18-9-5-6-10-18)16(2)15(21)17(3)14(11)20/h7-8H,4-6,9-10H2,1-3H3/b8-7+. The number of aromatic nitrogens is 2. The molecule has 22 heavy (non-hydrogen) atoms. The van der Waals surface area contributed by atoms with E-state index in [2.05, 4.69) is 0 Å². The highest BCUT2D eigenvalue weighted by Crippen LogP contribution is 2.21. The van der Waals surface area contributed by atoms with Crippen LogP contribution >= 0.6 is 0 Å². The van der Waals surface area contributed by atoms with E-state index in [0.29, 0.717) is 11.4 Å². The van der Waals surface area contributed by atoms with E-state index in [0.717, 1.165) is 30.5 Å². The van der Waals surface area contributed by atoms with E-state index >= 15 is 0 Å². The first kappa shape index (κ1) is 16.1. The van der Waals surface area contributed by atoms with Gasteiger partial charge in [-0.25, -0.2) is 9.59 Å². The Balaban J connectivity index is 2.57. The van der Waals surface area contributed by atoms with E-state index in [1.165, 1.54) is 23.8 Å². The minimum Gasteiger partial charge on any atom is -0.463 e. The Bertz CT molecular complexity index is 709. The highest BCUT2D eigenvalue weighted by atomic mass is 16.5. The Hall–Kier alpha value is -2.31. The minimum absolute atomic E-state index is 0.271. The van der Waals surface area contributed by atoms with Gasteiger partial charge in [0.1, 0.15) is 5.82 Å². The van der Waals surface area contributed by atoms with Crippen molar-refractivity contribution in [3.63, 3.8) is 0 Å². The third kappa shape index (κ3) is 2.98. The van der Waals surface area contributed by atoms with Gasteiger partial charge in [-0.1, -0.05) is 0 Å². The SMILES string of the molecule is CCOC(=O)/C=C/c1c(N2CCCC2)n(C)c(=O)n(C)c1=O. The maximum atomic E-state index is 12.4. The lowest BCUT2D eigenvalue weighted by Crippen LogP contribution is -2.41. The summed E-state index contributed by atoms with van der Waals surface area (Å²) in [7, 11) is 3.07. The van der Waals surface area contributed by atoms with Crippen LogP contribution in [0.1, 0.15) is 25.3 Å². The number of hydrogen-bond donors (Lipinski definition) is 0. The highest BCUT2D eigenvalue weighted by molar-refractivity contribution is 5.88. The van der Waals surface area contributed by atoms with Crippen molar-refractivity contribution in [2.24, 2.45) is 14.1 Å². The number of ether oxygens (including phenoxy) is 1. The zero-order valence-corrected chi connectivity index (χ0v) is 13.2. The Kier molecular flexibility index (Phi) is 4.85. The predicted molar refractivity (Wildman–Crippen MR) is 84.0 cm³/mol. The molecule has 1 aromatic rings. The molecule has 1 aliphatic heterocycles. The van der Waals surface area contributed by atoms with Crippen LogP contribution in [-0.2, 0) is 23.6 Å². The number of rotatable bonds is 4. The smallest absolute Gasteiger partial charge is 0.332 e. The molecule has 1 aliphatic rings. The van der Waals surface area contributed by atoms with Crippen molar-refractivity contribution < 1.29 is 9.53 Å². The molecule has 2 rings (SSSR count). The molecule has 7 nitrogen and oxygen atoms in total. The van der Waals surface area contributed by atoms with Gasteiger partial charge < -0.3 is 9.64 Å². The second-order valence-corrected chi connectivity index (χ2v) is 5.22. The van der Waals surface area contributed by atoms with E-state index < -0.39 is 11.5 Å². The number of esters is 1. The summed E-state index contributed by atoms with van der Waals surface area (Å²) in [6.07, 6.45) is 4.70. The Morgan fingerprint density at radius 2 is 1.82 bits per heavy atom. The Morgan fingerprint density at radius 3 is 2.41 bits per heavy atom. The van der Waals surface area contributed by atoms with Crippen LogP contribution in [0.15, 0.2) is 15.7 Å². The van der Waals surface area contributed by atoms with Crippen LogP contribution in [0.25, 0.3) is 6.08 Å². The topological polar surface area (TPSA) is 73.5 Å². The van der Waals surface area contributed by atoms with Crippen molar-refractivity contribution >= 4 is 17.9 Å². The molecule has 0 atom stereocenters. The van der Waals surface area contributed by atoms with Gasteiger partial charge in [0.25, 0.3) is 5.56 Å². The summed E-state index contributed by atoms with van der Waals surface area (Å²) >= 11 is 0. The summed E-state index contributed by atoms with van der Waals surface area (Å²) in [4.78, 5) is 38.1. The van der Waals surface area contributed by atoms with Gasteiger partial charge in [-0.05, 0) is 25.8 Å². The molecule has 2 heterocycles. The number of hydrogen-bond acceptors (Lipinski definition) is 5. The van der Waals surface area contributed by atoms with E-state index in [1.54, 1.807) is 14.0 Å². The molecule has 7 heteroatoms. The van der Waals surface area contributed by atoms with Gasteiger partial charge in [0, 0.05) is 33.3 Å². The van der Waals surface area contributed by atoms with Crippen LogP contribution in [0.3, 0.4) is 0 Å². The van der Waals surface area contributed by atoms with Crippen molar-refractivity contribution in [3.8, 4) is 0 Å². The fraction of sp³-hybridized carbons (Fsp3) is 0.533. The molecular formula is C15H21N3O4. The number of nitrogens with zero attached hydrogens (tertiary/aromatic N) is 3. The molecule has 0 saturated carbocycles. The summed E-state index contributed by atoms with van der Waals surface area (Å²) in [5, 5.41) is 0. The predicted octanol–water partition coefficient (Wildman–Crippen LogP) is 0.261. The fourth-order valence-electron chi connectivity index (χ4n) is 2.66. The van der Waals surface area contributed by atoms with Crippen LogP contribution in [0, 0.1) is 0 Å². The highest BCUT2D eigenvalue weighted by Gasteiger charge is 2.22. The summed E-state index contributed by atoms with van der Waals surface area (Å²) in [6.45, 7) is 3.57. The first-order valence-electron chi connectivity index (χ1n) is 7.37. The monoisotopic (exact) mass is 307 g/mol. The van der Waals surface area contributed by atoms with Crippen LogP contribution < -0.4 is 16.1 Å². The second kappa shape index (κ2) is 6.64. The lowest BCUT2D eigenvalue weighted by molar-refractivity contribution is -0.137. The molecule has 0 aromatic carbocycles. The minimum atomic E-state index is -0.509. The summed E-state index contributed by atoms with van der Waals surface area (Å²) in [5.41, 5.74) is -0.453. The summed E-state index contributed by atoms with van der Waals surface area (Å²) in [6, 6.07) is 0. The molecule has 0 radical (unpaired) electrons. The average Bonchev–Trinajstić information content (AvgIpc) is 3.01. The van der Waals surface area contributed by atoms with Gasteiger partial charge in [-0.2, -0.15) is 0 Å². The molecule has 0 aliphatic carbocycles. The zero-order chi connectivity index (χ0) is 16.3. The summed E-state index contributed by atoms with van der Waals surface area (Å²) in [5.74, 6) is 0.0527. The van der Waals surface area contributed by atoms with Gasteiger partial charge in [0.15, 0.2) is 0 Å². The van der Waals surface area contributed by atoms with Crippen LogP contribution in [0.5, 0.6) is 0 Å². The van der Waals surface area contributed by atoms with Crippen LogP contribution in [-0.4, -0.2) is 34.8 Å². The maximum Gasteiger partial charge on any atom is 0.332 e. The van der Waals surface area contributed by atoms with Crippen molar-refractivity contribution in [2.75, 3.05) is 24.6 Å². The van der Waals surface area contributed by atoms with Gasteiger partial charge in [0.05, 0.1) is 12.2 Å². The zero-order valence-electron chi connectivity index (χ0n) is 13.2. The first-order chi connectivity index (χ1) is 10.5. The molecule has 1 fully saturated rings. The number of anilines is 1. The van der Waals surface area contributed by atoms with E-state index in [4.69, 9.17) is 4.74 Å². The molecular weight excluding hydrogens is 286 g/mol. The van der Waals surface area contributed by atoms with Crippen LogP contribution in [0.2, 0.25) is 0 Å². The summed E-state index contributed by atoms with van der Waals surface area (Å²) < 4.78 is 7.34. The van der Waals surface area contributed by atoms with Gasteiger partial charge >= 0.3 is 11.7 Å². The van der Waals surface area contributed by atoms with Crippen LogP contribution in [0.4, 0.5) is 5.82 Å². The largest absolute Gasteiger partial charge is 0.463 e. The molecule has 0 spiro atoms. The van der Waals surface area contributed by atoms with E-state index in [9.17, 15) is 14.4 Å². The van der Waals surface area contributed by atoms with Gasteiger partial charge in [-0.15, -0.1) is 0 Å². The second-order valence-electron chi connectivity index (χ2n) is 5.22. The molecule has 0 amide bonds. The van der Waals surface area contributed by atoms with Crippen molar-refractivity contribution in [2.45, 2.75) is 19.8 Å². The molecule has 0 bridgehead atoms. The van der Waals surface area contributed by atoms with E-state index in [-0.39, 0.29) is 12.3 Å². The third-order valence-corrected chi connectivity index (χ3v) is 3.75. The molecule has 0 N–H and O–H groups in total. The van der Waals surface area contributed by atoms with Gasteiger partial charge in [-0.3, -0.25) is 13.9 Å². The molecule has 120 valence electrons. The van der Waals surface area contributed by atoms with Crippen molar-refractivity contribution in [1.82, 2.24) is 9.13 Å². The van der Waals surface area contributed by atoms with E-state index in [1.807, 2.05) is 4.90 Å².